The number of benzene rings is 1. The fourth-order valence-corrected chi connectivity index (χ4v) is 13.0. The first kappa shape index (κ1) is 39.4. The molecule has 2 aliphatic heterocycles. The number of nitrogens with one attached hydrogen (secondary N) is 1. The van der Waals surface area contributed by atoms with Gasteiger partial charge in [-0.1, -0.05) is 51.2 Å². The zero-order valence-corrected chi connectivity index (χ0v) is 34.2. The van der Waals surface area contributed by atoms with Crippen molar-refractivity contribution in [2.24, 2.45) is 28.6 Å². The van der Waals surface area contributed by atoms with E-state index < -0.39 is 59.9 Å². The molecule has 1 aromatic carbocycles. The van der Waals surface area contributed by atoms with Gasteiger partial charge < -0.3 is 24.8 Å². The fraction of sp³-hybridized carbons (Fsp3) is 0.609. The first-order chi connectivity index (χ1) is 25.9. The molecule has 0 spiro atoms. The third-order valence-electron chi connectivity index (χ3n) is 15.5. The molecule has 3 N–H and O–H groups in total. The van der Waals surface area contributed by atoms with Gasteiger partial charge in [0, 0.05) is 45.5 Å². The summed E-state index contributed by atoms with van der Waals surface area (Å²) < 4.78 is 46.8. The maximum Gasteiger partial charge on any atom is 0.390 e. The van der Waals surface area contributed by atoms with Crippen LogP contribution >= 0.6 is 0 Å². The van der Waals surface area contributed by atoms with Crippen LogP contribution in [0.5, 0.6) is 0 Å². The highest BCUT2D eigenvalue weighted by atomic mass is 19.4. The van der Waals surface area contributed by atoms with Gasteiger partial charge >= 0.3 is 6.18 Å². The fourth-order valence-electron chi connectivity index (χ4n) is 13.0. The van der Waals surface area contributed by atoms with Crippen molar-refractivity contribution in [1.82, 2.24) is 9.88 Å². The molecule has 8 rings (SSSR count). The van der Waals surface area contributed by atoms with Crippen LogP contribution < -0.4 is 5.32 Å². The van der Waals surface area contributed by atoms with Gasteiger partial charge in [-0.25, -0.2) is 0 Å². The topological polar surface area (TPSA) is 101 Å². The number of ether oxygens (including phenoxy) is 1. The minimum Gasteiger partial charge on any atom is -0.392 e. The number of carbonyl (C=O) groups is 2. The van der Waals surface area contributed by atoms with Gasteiger partial charge in [-0.05, 0) is 120 Å². The third kappa shape index (κ3) is 5.26. The van der Waals surface area contributed by atoms with Gasteiger partial charge in [-0.2, -0.15) is 13.2 Å². The normalized spacial score (nSPS) is 36.6. The summed E-state index contributed by atoms with van der Waals surface area (Å²) in [6.45, 7) is 22.4. The molecule has 2 saturated carbocycles. The summed E-state index contributed by atoms with van der Waals surface area (Å²) in [6.07, 6.45) is 4.63. The number of aromatic nitrogens is 1. The first-order valence-corrected chi connectivity index (χ1v) is 20.3. The Morgan fingerprint density at radius 1 is 1.09 bits per heavy atom. The molecule has 0 radical (unpaired) electrons. The zero-order valence-electron chi connectivity index (χ0n) is 34.2. The summed E-state index contributed by atoms with van der Waals surface area (Å²) in [5.74, 6) is -0.530. The third-order valence-corrected chi connectivity index (χ3v) is 15.5. The second kappa shape index (κ2) is 12.3. The lowest BCUT2D eigenvalue weighted by Gasteiger charge is -2.64. The second-order valence-electron chi connectivity index (χ2n) is 19.7. The SMILES string of the molecule is C=C(C)[C@H]1C(=O)c2c3c(cc4c5c(n1c24)[C@@]1(C)[C@@H](CC[C@H]2[C@](C)(/C=C/C=C(\C)C(=O)NCCC(F)(F)F)[C@@H](O)CC[C@@]21C)C5)C1=CC(C)(C)OC(C)(C)[C@H]1[C@@H]3O. The number of alkyl halides is 3. The average molecular weight is 775 g/mol. The number of fused-ring (bicyclic) bond motifs is 11. The van der Waals surface area contributed by atoms with Gasteiger partial charge in [0.2, 0.25) is 5.91 Å². The van der Waals surface area contributed by atoms with E-state index in [4.69, 9.17) is 4.74 Å². The summed E-state index contributed by atoms with van der Waals surface area (Å²) in [5, 5.41) is 27.4. The Morgan fingerprint density at radius 2 is 1.79 bits per heavy atom. The molecule has 2 fully saturated rings. The van der Waals surface area contributed by atoms with E-state index in [0.29, 0.717) is 23.5 Å². The Balaban J connectivity index is 1.24. The van der Waals surface area contributed by atoms with Crippen LogP contribution in [0.4, 0.5) is 13.2 Å². The number of hydrogen-bond donors (Lipinski definition) is 3. The van der Waals surface area contributed by atoms with E-state index in [2.05, 4.69) is 49.4 Å². The minimum atomic E-state index is -4.35. The van der Waals surface area contributed by atoms with E-state index in [9.17, 15) is 33.0 Å². The smallest absolute Gasteiger partial charge is 0.390 e. The lowest BCUT2D eigenvalue weighted by atomic mass is 9.40. The Labute approximate surface area is 328 Å². The number of aliphatic hydroxyl groups is 2. The zero-order chi connectivity index (χ0) is 40.9. The number of nitrogens with zero attached hydrogens (tertiary/aromatic N) is 1. The van der Waals surface area contributed by atoms with Crippen molar-refractivity contribution in [3.8, 4) is 0 Å². The van der Waals surface area contributed by atoms with Gasteiger partial charge in [0.15, 0.2) is 5.78 Å². The van der Waals surface area contributed by atoms with Gasteiger partial charge in [-0.3, -0.25) is 9.59 Å². The molecule has 0 bridgehead atoms. The van der Waals surface area contributed by atoms with Crippen LogP contribution in [0.2, 0.25) is 0 Å². The lowest BCUT2D eigenvalue weighted by molar-refractivity contribution is -0.144. The standard InChI is InChI=1S/C46H57F3N2O5/c1-23(2)35-38(54)33-32-26(29-22-41(4,5)56-42(6,7)34(29)37(32)53)21-27-28-20-25-13-14-30-43(8,16-11-12-24(3)40(55)50-19-18-46(47,48)49)31(52)15-17-44(30,9)45(25,10)39(28)51(35)36(27)33/h11-12,16,21-22,25,30-31,34-35,37,52-53H,1,13-15,17-20H2,2-10H3,(H,50,55)/b16-11+,24-12+/t25-,30-,31-,34+,35-,37+,43-,44-,45+/m0/s1. The minimum absolute atomic E-state index is 0.0190. The number of aliphatic hydroxyl groups excluding tert-OH is 2. The van der Waals surface area contributed by atoms with Crippen molar-refractivity contribution < 1.29 is 37.7 Å². The molecule has 1 aromatic heterocycles. The molecule has 7 nitrogen and oxygen atoms in total. The number of rotatable bonds is 6. The molecule has 6 aliphatic rings. The van der Waals surface area contributed by atoms with E-state index in [1.54, 1.807) is 19.1 Å². The Hall–Kier alpha value is -3.47. The lowest BCUT2D eigenvalue weighted by Crippen LogP contribution is -2.62. The van der Waals surface area contributed by atoms with E-state index in [1.807, 2.05) is 40.7 Å². The van der Waals surface area contributed by atoms with Crippen LogP contribution in [0.3, 0.4) is 0 Å². The number of carbonyl (C=O) groups excluding carboxylic acids is 2. The van der Waals surface area contributed by atoms with E-state index in [-0.39, 0.29) is 34.0 Å². The van der Waals surface area contributed by atoms with Gasteiger partial charge in [0.1, 0.15) is 6.04 Å². The highest BCUT2D eigenvalue weighted by molar-refractivity contribution is 6.18. The molecule has 0 saturated heterocycles. The van der Waals surface area contributed by atoms with E-state index in [1.165, 1.54) is 11.3 Å². The van der Waals surface area contributed by atoms with E-state index in [0.717, 1.165) is 53.3 Å². The summed E-state index contributed by atoms with van der Waals surface area (Å²) in [5.41, 5.74) is 5.20. The average Bonchev–Trinajstić information content (AvgIpc) is 3.74. The van der Waals surface area contributed by atoms with Crippen LogP contribution in [0.1, 0.15) is 139 Å². The number of halogens is 3. The van der Waals surface area contributed by atoms with Gasteiger partial charge in [0.25, 0.3) is 0 Å². The maximum absolute atomic E-state index is 14.9. The number of amides is 1. The first-order valence-electron chi connectivity index (χ1n) is 20.3. The molecule has 1 amide bonds. The number of ketones is 1. The van der Waals surface area contributed by atoms with Crippen molar-refractivity contribution >= 4 is 28.2 Å². The van der Waals surface area contributed by atoms with Crippen LogP contribution in [-0.2, 0) is 21.4 Å². The summed E-state index contributed by atoms with van der Waals surface area (Å²) in [7, 11) is 0. The molecule has 4 aliphatic carbocycles. The Kier molecular flexibility index (Phi) is 8.63. The van der Waals surface area contributed by atoms with Crippen LogP contribution in [-0.4, -0.2) is 56.5 Å². The van der Waals surface area contributed by atoms with Crippen LogP contribution in [0, 0.1) is 28.6 Å². The predicted molar refractivity (Wildman–Crippen MR) is 211 cm³/mol. The van der Waals surface area contributed by atoms with Crippen LogP contribution in [0.25, 0.3) is 16.5 Å². The van der Waals surface area contributed by atoms with Crippen molar-refractivity contribution in [2.75, 3.05) is 6.54 Å². The van der Waals surface area contributed by atoms with Crippen molar-refractivity contribution in [2.45, 2.75) is 142 Å². The predicted octanol–water partition coefficient (Wildman–Crippen LogP) is 9.17. The molecule has 56 heavy (non-hydrogen) atoms. The molecule has 2 aromatic rings. The van der Waals surface area contributed by atoms with Crippen LogP contribution in [0.15, 0.2) is 48.1 Å². The molecular weight excluding hydrogens is 718 g/mol. The Bertz CT molecular complexity index is 2190. The summed E-state index contributed by atoms with van der Waals surface area (Å²) in [4.78, 5) is 27.5. The second-order valence-corrected chi connectivity index (χ2v) is 19.7. The monoisotopic (exact) mass is 774 g/mol. The molecule has 10 heteroatoms. The highest BCUT2D eigenvalue weighted by Crippen LogP contribution is 2.71. The molecule has 302 valence electrons. The molecule has 0 unspecified atom stereocenters. The Morgan fingerprint density at radius 3 is 2.45 bits per heavy atom. The molecular formula is C46H57F3N2O5. The largest absolute Gasteiger partial charge is 0.392 e. The summed E-state index contributed by atoms with van der Waals surface area (Å²) in [6, 6.07) is 1.67. The number of Topliss-reactive ketones (excluding diaryl/α,β-unsaturated/α-hetero) is 1. The summed E-state index contributed by atoms with van der Waals surface area (Å²) >= 11 is 0. The van der Waals surface area contributed by atoms with Crippen molar-refractivity contribution in [1.29, 1.82) is 0 Å². The quantitative estimate of drug-likeness (QED) is 0.155. The number of allylic oxidation sites excluding steroid dienone is 3. The van der Waals surface area contributed by atoms with Gasteiger partial charge in [0.05, 0.1) is 40.9 Å². The van der Waals surface area contributed by atoms with E-state index >= 15 is 0 Å². The maximum atomic E-state index is 14.9. The molecule has 9 atom stereocenters. The van der Waals surface area contributed by atoms with Crippen molar-refractivity contribution in [3.05, 3.63) is 76.0 Å². The van der Waals surface area contributed by atoms with Crippen molar-refractivity contribution in [3.63, 3.8) is 0 Å². The number of hydrogen-bond acceptors (Lipinski definition) is 5. The molecule has 3 heterocycles. The highest BCUT2D eigenvalue weighted by Gasteiger charge is 2.68. The van der Waals surface area contributed by atoms with Gasteiger partial charge in [-0.15, -0.1) is 0 Å².